The number of hydrazone groups is 1. The van der Waals surface area contributed by atoms with Gasteiger partial charge in [-0.2, -0.15) is 5.10 Å². The Hall–Kier alpha value is -2.36. The van der Waals surface area contributed by atoms with E-state index in [0.29, 0.717) is 0 Å². The van der Waals surface area contributed by atoms with Crippen LogP contribution in [-0.4, -0.2) is 42.8 Å². The van der Waals surface area contributed by atoms with Gasteiger partial charge in [0.1, 0.15) is 0 Å². The van der Waals surface area contributed by atoms with Crippen LogP contribution in [0.1, 0.15) is 44.4 Å². The van der Waals surface area contributed by atoms with E-state index in [1.54, 1.807) is 0 Å². The number of rotatable bonds is 4. The number of allylic oxidation sites excluding steroid dienone is 2. The quantitative estimate of drug-likeness (QED) is 0.477. The van der Waals surface area contributed by atoms with Crippen LogP contribution in [0.15, 0.2) is 63.3 Å². The monoisotopic (exact) mass is 449 g/mol. The largest absolute Gasteiger partial charge is 0.346 e. The lowest BCUT2D eigenvalue weighted by Gasteiger charge is -2.39. The van der Waals surface area contributed by atoms with E-state index < -0.39 is 7.36 Å². The van der Waals surface area contributed by atoms with Gasteiger partial charge in [-0.1, -0.05) is 63.6 Å². The Labute approximate surface area is 193 Å². The number of benzene rings is 2. The van der Waals surface area contributed by atoms with Gasteiger partial charge >= 0.3 is 0 Å². The molecule has 0 N–H and O–H groups in total. The molecule has 0 radical (unpaired) electrons. The van der Waals surface area contributed by atoms with E-state index in [9.17, 15) is 0 Å². The number of fused-ring (bicyclic) bond motifs is 1. The summed E-state index contributed by atoms with van der Waals surface area (Å²) in [6.45, 7) is 15.3. The molecule has 2 heterocycles. The van der Waals surface area contributed by atoms with Gasteiger partial charge in [-0.15, -0.1) is 0 Å². The summed E-state index contributed by atoms with van der Waals surface area (Å²) in [6.07, 6.45) is 2.08. The fourth-order valence-electron chi connectivity index (χ4n) is 5.30. The highest BCUT2D eigenvalue weighted by Crippen LogP contribution is 2.69. The van der Waals surface area contributed by atoms with Crippen molar-refractivity contribution in [1.29, 1.82) is 0 Å². The topological polar surface area (TPSA) is 34.4 Å². The molecule has 6 heteroatoms. The van der Waals surface area contributed by atoms with Gasteiger partial charge < -0.3 is 4.90 Å². The molecule has 32 heavy (non-hydrogen) atoms. The molecule has 0 saturated heterocycles. The molecule has 0 aromatic heterocycles. The highest BCUT2D eigenvalue weighted by molar-refractivity contribution is 7.67. The zero-order chi connectivity index (χ0) is 23.3. The van der Waals surface area contributed by atoms with Crippen molar-refractivity contribution in [2.75, 3.05) is 32.1 Å². The molecule has 0 amide bonds. The van der Waals surface area contributed by atoms with Crippen LogP contribution in [-0.2, 0) is 5.41 Å². The second-order valence-electron chi connectivity index (χ2n) is 9.27. The minimum absolute atomic E-state index is 0.131. The summed E-state index contributed by atoms with van der Waals surface area (Å²) < 4.78 is 10.3. The summed E-state index contributed by atoms with van der Waals surface area (Å²) in [5.74, 6) is 0. The molecule has 2 aliphatic rings. The van der Waals surface area contributed by atoms with Gasteiger partial charge in [0.05, 0.1) is 17.2 Å². The summed E-state index contributed by atoms with van der Waals surface area (Å²) in [7, 11) is 1.98. The first-order chi connectivity index (χ1) is 15.2. The highest BCUT2D eigenvalue weighted by Gasteiger charge is 2.47. The van der Waals surface area contributed by atoms with Crippen LogP contribution < -0.4 is 4.90 Å². The van der Waals surface area contributed by atoms with Crippen molar-refractivity contribution in [2.24, 2.45) is 9.85 Å². The van der Waals surface area contributed by atoms with Gasteiger partial charge in [0.15, 0.2) is 7.36 Å². The Balaban J connectivity index is 2.08. The van der Waals surface area contributed by atoms with Crippen molar-refractivity contribution < 1.29 is 0 Å². The lowest BCUT2D eigenvalue weighted by Crippen LogP contribution is -2.30. The maximum absolute atomic E-state index is 5.60. The molecule has 0 saturated carbocycles. The minimum atomic E-state index is -2.31. The second-order valence-corrected chi connectivity index (χ2v) is 12.2. The van der Waals surface area contributed by atoms with Crippen molar-refractivity contribution in [3.05, 3.63) is 70.2 Å². The van der Waals surface area contributed by atoms with Crippen LogP contribution in [0, 0.1) is 13.8 Å². The SMILES string of the molecule is CCN(CC)P1(=Nc2ccc(C)cc2C)C(=C2N(C)c3ccccc3C2(C)C)C=NN1C. The normalized spacial score (nSPS) is 23.9. The van der Waals surface area contributed by atoms with E-state index >= 15 is 0 Å². The van der Waals surface area contributed by atoms with Crippen LogP contribution in [0.4, 0.5) is 11.4 Å². The first kappa shape index (κ1) is 22.8. The number of likely N-dealkylation sites (N-methyl/N-ethyl adjacent to an activating group) is 1. The first-order valence-corrected chi connectivity index (χ1v) is 13.1. The Bertz CT molecular complexity index is 1160. The van der Waals surface area contributed by atoms with Crippen LogP contribution in [0.5, 0.6) is 0 Å². The standard InChI is InChI=1S/C26H36N5P/c1-9-31(10-2)32(28-22-16-15-19(3)17-20(22)4)24(18-27-30(32)8)25-26(5,6)21-13-11-12-14-23(21)29(25)7/h11-18H,9-10H2,1-8H3. The molecule has 2 aliphatic heterocycles. The van der Waals surface area contributed by atoms with Crippen LogP contribution in [0.25, 0.3) is 0 Å². The van der Waals surface area contributed by atoms with Gasteiger partial charge in [0, 0.05) is 44.0 Å². The summed E-state index contributed by atoms with van der Waals surface area (Å²) >= 11 is 0. The lowest BCUT2D eigenvalue weighted by atomic mass is 9.84. The Kier molecular flexibility index (Phi) is 5.85. The Morgan fingerprint density at radius 3 is 2.34 bits per heavy atom. The van der Waals surface area contributed by atoms with Gasteiger partial charge in [0.2, 0.25) is 0 Å². The predicted molar refractivity (Wildman–Crippen MR) is 139 cm³/mol. The third kappa shape index (κ3) is 3.25. The van der Waals surface area contributed by atoms with E-state index in [-0.39, 0.29) is 5.41 Å². The second kappa shape index (κ2) is 8.20. The van der Waals surface area contributed by atoms with Crippen molar-refractivity contribution in [3.63, 3.8) is 0 Å². The van der Waals surface area contributed by atoms with Gasteiger partial charge in [0.25, 0.3) is 0 Å². The van der Waals surface area contributed by atoms with Gasteiger partial charge in [-0.3, -0.25) is 0 Å². The molecule has 0 bridgehead atoms. The van der Waals surface area contributed by atoms with E-state index in [1.165, 1.54) is 33.4 Å². The average Bonchev–Trinajstić information content (AvgIpc) is 3.17. The van der Waals surface area contributed by atoms with E-state index in [1.807, 2.05) is 0 Å². The maximum atomic E-state index is 5.60. The highest BCUT2D eigenvalue weighted by atomic mass is 31.2. The molecule has 0 aliphatic carbocycles. The molecular formula is C26H36N5P. The molecular weight excluding hydrogens is 413 g/mol. The fraction of sp³-hybridized carbons (Fsp3) is 0.423. The van der Waals surface area contributed by atoms with Crippen LogP contribution in [0.2, 0.25) is 0 Å². The molecule has 2 aromatic carbocycles. The van der Waals surface area contributed by atoms with Crippen molar-refractivity contribution in [3.8, 4) is 0 Å². The number of aryl methyl sites for hydroxylation is 2. The van der Waals surface area contributed by atoms with Crippen molar-refractivity contribution in [2.45, 2.75) is 47.0 Å². The van der Waals surface area contributed by atoms with Gasteiger partial charge in [-0.05, 0) is 37.1 Å². The molecule has 0 fully saturated rings. The summed E-state index contributed by atoms with van der Waals surface area (Å²) in [4.78, 5) is 2.37. The number of hydrogen-bond acceptors (Lipinski definition) is 3. The molecule has 2 aromatic rings. The molecule has 1 unspecified atom stereocenters. The third-order valence-corrected chi connectivity index (χ3v) is 10.6. The Morgan fingerprint density at radius 1 is 1.03 bits per heavy atom. The molecule has 170 valence electrons. The zero-order valence-electron chi connectivity index (χ0n) is 20.7. The summed E-state index contributed by atoms with van der Waals surface area (Å²) in [5, 5.41) is 6.13. The number of para-hydroxylation sites is 1. The molecule has 1 atom stereocenters. The molecule has 5 nitrogen and oxygen atoms in total. The zero-order valence-corrected chi connectivity index (χ0v) is 21.6. The van der Waals surface area contributed by atoms with Crippen LogP contribution >= 0.6 is 7.36 Å². The minimum Gasteiger partial charge on any atom is -0.346 e. The average molecular weight is 450 g/mol. The summed E-state index contributed by atoms with van der Waals surface area (Å²) in [5.41, 5.74) is 7.34. The molecule has 4 rings (SSSR count). The number of hydrogen-bond donors (Lipinski definition) is 0. The third-order valence-electron chi connectivity index (χ3n) is 6.91. The smallest absolute Gasteiger partial charge is 0.174 e. The maximum Gasteiger partial charge on any atom is 0.174 e. The van der Waals surface area contributed by atoms with E-state index in [4.69, 9.17) is 9.85 Å². The molecule has 0 spiro atoms. The van der Waals surface area contributed by atoms with Crippen molar-refractivity contribution in [1.82, 2.24) is 9.45 Å². The number of anilines is 1. The lowest BCUT2D eigenvalue weighted by molar-refractivity contribution is 0.452. The van der Waals surface area contributed by atoms with Crippen LogP contribution in [0.3, 0.4) is 0 Å². The number of nitrogens with zero attached hydrogens (tertiary/aromatic N) is 5. The summed E-state index contributed by atoms with van der Waals surface area (Å²) in [6, 6.07) is 15.3. The predicted octanol–water partition coefficient (Wildman–Crippen LogP) is 6.88. The van der Waals surface area contributed by atoms with E-state index in [0.717, 1.165) is 18.8 Å². The first-order valence-electron chi connectivity index (χ1n) is 11.5. The fourth-order valence-corrected chi connectivity index (χ4v) is 9.08. The van der Waals surface area contributed by atoms with E-state index in [2.05, 4.69) is 119 Å². The van der Waals surface area contributed by atoms with Gasteiger partial charge in [-0.25, -0.2) is 14.2 Å². The Morgan fingerprint density at radius 2 is 1.72 bits per heavy atom. The van der Waals surface area contributed by atoms with Crippen molar-refractivity contribution >= 4 is 24.9 Å².